The maximum absolute atomic E-state index is 12.1. The van der Waals surface area contributed by atoms with Gasteiger partial charge >= 0.3 is 0 Å². The molecule has 6 nitrogen and oxygen atoms in total. The number of carbonyl (C=O) groups excluding carboxylic acids is 1. The van der Waals surface area contributed by atoms with Crippen LogP contribution in [-0.2, 0) is 0 Å². The van der Waals surface area contributed by atoms with Crippen LogP contribution in [0.5, 0.6) is 11.5 Å². The minimum atomic E-state index is -0.0916. The molecule has 0 aromatic heterocycles. The number of piperazine rings is 1. The summed E-state index contributed by atoms with van der Waals surface area (Å²) >= 11 is 0. The largest absolute Gasteiger partial charge is 0.493 e. The summed E-state index contributed by atoms with van der Waals surface area (Å²) in [6.45, 7) is 5.62. The van der Waals surface area contributed by atoms with Crippen molar-refractivity contribution in [1.29, 1.82) is 0 Å². The summed E-state index contributed by atoms with van der Waals surface area (Å²) in [4.78, 5) is 14.5. The van der Waals surface area contributed by atoms with Crippen LogP contribution in [0.15, 0.2) is 18.2 Å². The van der Waals surface area contributed by atoms with Crippen LogP contribution < -0.4 is 20.1 Å². The van der Waals surface area contributed by atoms with E-state index >= 15 is 0 Å². The lowest BCUT2D eigenvalue weighted by molar-refractivity contribution is 0.0947. The van der Waals surface area contributed by atoms with Crippen LogP contribution in [0.4, 0.5) is 0 Å². The van der Waals surface area contributed by atoms with Crippen LogP contribution in [0, 0.1) is 0 Å². The predicted octanol–water partition coefficient (Wildman–Crippen LogP) is 0.761. The minimum Gasteiger partial charge on any atom is -0.493 e. The number of nitrogens with one attached hydrogen (secondary N) is 2. The molecule has 1 aromatic rings. The van der Waals surface area contributed by atoms with Crippen LogP contribution in [0.2, 0.25) is 0 Å². The highest BCUT2D eigenvalue weighted by Crippen LogP contribution is 2.27. The lowest BCUT2D eigenvalue weighted by Crippen LogP contribution is -2.46. The Bertz CT molecular complexity index is 479. The molecule has 2 N–H and O–H groups in total. The standard InChI is InChI=1S/C15H23N3O3.ClH/c1-20-13-4-3-12(11-14(13)21-2)15(19)17-7-10-18-8-5-16-6-9-18;/h3-4,11,16H,5-10H2,1-2H3,(H,17,19);1H. The number of ether oxygens (including phenoxy) is 2. The second kappa shape index (κ2) is 9.50. The Hall–Kier alpha value is -1.50. The van der Waals surface area contributed by atoms with Gasteiger partial charge in [0.1, 0.15) is 0 Å². The van der Waals surface area contributed by atoms with Crippen LogP contribution >= 0.6 is 12.4 Å². The van der Waals surface area contributed by atoms with Gasteiger partial charge in [-0.25, -0.2) is 0 Å². The van der Waals surface area contributed by atoms with Crippen molar-refractivity contribution in [3.63, 3.8) is 0 Å². The van der Waals surface area contributed by atoms with Gasteiger partial charge in [-0.2, -0.15) is 0 Å². The van der Waals surface area contributed by atoms with E-state index in [0.717, 1.165) is 32.7 Å². The number of halogens is 1. The highest BCUT2D eigenvalue weighted by atomic mass is 35.5. The van der Waals surface area contributed by atoms with E-state index in [1.54, 1.807) is 32.4 Å². The van der Waals surface area contributed by atoms with Crippen molar-refractivity contribution in [3.8, 4) is 11.5 Å². The molecule has 0 aliphatic carbocycles. The molecule has 124 valence electrons. The lowest BCUT2D eigenvalue weighted by Gasteiger charge is -2.27. The molecule has 0 unspecified atom stereocenters. The van der Waals surface area contributed by atoms with E-state index in [1.165, 1.54) is 0 Å². The van der Waals surface area contributed by atoms with Crippen molar-refractivity contribution in [2.45, 2.75) is 0 Å². The summed E-state index contributed by atoms with van der Waals surface area (Å²) < 4.78 is 10.4. The van der Waals surface area contributed by atoms with Gasteiger partial charge in [-0.05, 0) is 18.2 Å². The molecule has 0 atom stereocenters. The molecule has 1 fully saturated rings. The molecular weight excluding hydrogens is 306 g/mol. The predicted molar refractivity (Wildman–Crippen MR) is 88.4 cm³/mol. The molecule has 1 aromatic carbocycles. The Balaban J connectivity index is 0.00000242. The van der Waals surface area contributed by atoms with Crippen molar-refractivity contribution in [2.75, 3.05) is 53.5 Å². The highest BCUT2D eigenvalue weighted by Gasteiger charge is 2.12. The number of hydrogen-bond donors (Lipinski definition) is 2. The van der Waals surface area contributed by atoms with Gasteiger partial charge in [0.2, 0.25) is 0 Å². The zero-order valence-corrected chi connectivity index (χ0v) is 13.9. The topological polar surface area (TPSA) is 62.8 Å². The second-order valence-corrected chi connectivity index (χ2v) is 4.92. The first-order valence-electron chi connectivity index (χ1n) is 7.18. The minimum absolute atomic E-state index is 0. The van der Waals surface area contributed by atoms with E-state index in [1.807, 2.05) is 0 Å². The van der Waals surface area contributed by atoms with Gasteiger partial charge in [-0.3, -0.25) is 9.69 Å². The van der Waals surface area contributed by atoms with E-state index < -0.39 is 0 Å². The first kappa shape index (κ1) is 18.5. The second-order valence-electron chi connectivity index (χ2n) is 4.92. The Morgan fingerprint density at radius 1 is 1.23 bits per heavy atom. The van der Waals surface area contributed by atoms with Gasteiger partial charge in [0.25, 0.3) is 5.91 Å². The maximum atomic E-state index is 12.1. The molecule has 1 heterocycles. The molecule has 1 saturated heterocycles. The molecule has 2 rings (SSSR count). The third-order valence-corrected chi connectivity index (χ3v) is 3.57. The molecule has 0 bridgehead atoms. The van der Waals surface area contributed by atoms with Gasteiger partial charge < -0.3 is 20.1 Å². The lowest BCUT2D eigenvalue weighted by atomic mass is 10.2. The van der Waals surface area contributed by atoms with Gasteiger partial charge in [0.05, 0.1) is 14.2 Å². The number of nitrogens with zero attached hydrogens (tertiary/aromatic N) is 1. The average molecular weight is 330 g/mol. The number of benzene rings is 1. The fraction of sp³-hybridized carbons (Fsp3) is 0.533. The number of carbonyl (C=O) groups is 1. The van der Waals surface area contributed by atoms with Crippen LogP contribution in [0.1, 0.15) is 10.4 Å². The Morgan fingerprint density at radius 3 is 2.55 bits per heavy atom. The summed E-state index contributed by atoms with van der Waals surface area (Å²) in [5, 5.41) is 6.25. The molecule has 22 heavy (non-hydrogen) atoms. The van der Waals surface area contributed by atoms with Crippen molar-refractivity contribution in [1.82, 2.24) is 15.5 Å². The molecule has 1 amide bonds. The Labute approximate surface area is 137 Å². The van der Waals surface area contributed by atoms with Crippen LogP contribution in [0.25, 0.3) is 0 Å². The van der Waals surface area contributed by atoms with Crippen molar-refractivity contribution in [2.24, 2.45) is 0 Å². The first-order valence-corrected chi connectivity index (χ1v) is 7.18. The third-order valence-electron chi connectivity index (χ3n) is 3.57. The molecule has 0 spiro atoms. The Kier molecular flexibility index (Phi) is 8.01. The van der Waals surface area contributed by atoms with Gasteiger partial charge in [0.15, 0.2) is 11.5 Å². The molecule has 7 heteroatoms. The number of methoxy groups -OCH3 is 2. The number of hydrogen-bond acceptors (Lipinski definition) is 5. The average Bonchev–Trinajstić information content (AvgIpc) is 2.55. The summed E-state index contributed by atoms with van der Waals surface area (Å²) in [6, 6.07) is 5.17. The fourth-order valence-electron chi connectivity index (χ4n) is 2.34. The summed E-state index contributed by atoms with van der Waals surface area (Å²) in [5.74, 6) is 1.09. The molecule has 1 aliphatic heterocycles. The van der Waals surface area contributed by atoms with E-state index in [4.69, 9.17) is 9.47 Å². The van der Waals surface area contributed by atoms with E-state index in [-0.39, 0.29) is 18.3 Å². The van der Waals surface area contributed by atoms with Crippen LogP contribution in [0.3, 0.4) is 0 Å². The normalized spacial score (nSPS) is 14.8. The van der Waals surface area contributed by atoms with Gasteiger partial charge in [0, 0.05) is 44.8 Å². The SMILES string of the molecule is COc1ccc(C(=O)NCCN2CCNCC2)cc1OC.Cl. The molecule has 1 aliphatic rings. The summed E-state index contributed by atoms with van der Waals surface area (Å²) in [5.41, 5.74) is 0.577. The monoisotopic (exact) mass is 329 g/mol. The van der Waals surface area contributed by atoms with Gasteiger partial charge in [-0.1, -0.05) is 0 Å². The van der Waals surface area contributed by atoms with Crippen LogP contribution in [-0.4, -0.2) is 64.3 Å². The third kappa shape index (κ3) is 5.05. The van der Waals surface area contributed by atoms with Crippen molar-refractivity contribution < 1.29 is 14.3 Å². The number of rotatable bonds is 6. The Morgan fingerprint density at radius 2 is 1.91 bits per heavy atom. The first-order chi connectivity index (χ1) is 10.2. The van der Waals surface area contributed by atoms with E-state index in [0.29, 0.717) is 23.6 Å². The zero-order valence-electron chi connectivity index (χ0n) is 13.1. The highest BCUT2D eigenvalue weighted by molar-refractivity contribution is 5.94. The molecular formula is C15H24ClN3O3. The summed E-state index contributed by atoms with van der Waals surface area (Å²) in [7, 11) is 3.13. The quantitative estimate of drug-likeness (QED) is 0.807. The smallest absolute Gasteiger partial charge is 0.251 e. The van der Waals surface area contributed by atoms with E-state index in [9.17, 15) is 4.79 Å². The van der Waals surface area contributed by atoms with E-state index in [2.05, 4.69) is 15.5 Å². The fourth-order valence-corrected chi connectivity index (χ4v) is 2.34. The van der Waals surface area contributed by atoms with Gasteiger partial charge in [-0.15, -0.1) is 12.4 Å². The molecule has 0 radical (unpaired) electrons. The maximum Gasteiger partial charge on any atom is 0.251 e. The molecule has 0 saturated carbocycles. The van der Waals surface area contributed by atoms with Crippen molar-refractivity contribution >= 4 is 18.3 Å². The number of amides is 1. The van der Waals surface area contributed by atoms with Crippen molar-refractivity contribution in [3.05, 3.63) is 23.8 Å². The zero-order chi connectivity index (χ0) is 15.1. The summed E-state index contributed by atoms with van der Waals surface area (Å²) in [6.07, 6.45) is 0.